The number of benzene rings is 1. The molecule has 2 amide bonds. The van der Waals surface area contributed by atoms with E-state index in [2.05, 4.69) is 15.8 Å². The Morgan fingerprint density at radius 3 is 2.65 bits per heavy atom. The van der Waals surface area contributed by atoms with Crippen LogP contribution in [0, 0.1) is 12.7 Å². The number of nitrogens with one attached hydrogen (secondary N) is 2. The minimum atomic E-state index is -0.548. The molecule has 0 radical (unpaired) electrons. The van der Waals surface area contributed by atoms with Crippen molar-refractivity contribution in [2.45, 2.75) is 13.3 Å². The largest absolute Gasteiger partial charge is 0.360 e. The van der Waals surface area contributed by atoms with Gasteiger partial charge >= 0.3 is 0 Å². The highest BCUT2D eigenvalue weighted by Gasteiger charge is 2.12. The van der Waals surface area contributed by atoms with Gasteiger partial charge in [-0.2, -0.15) is 0 Å². The molecule has 20 heavy (non-hydrogen) atoms. The van der Waals surface area contributed by atoms with Crippen LogP contribution < -0.4 is 10.6 Å². The average Bonchev–Trinajstić information content (AvgIpc) is 2.74. The van der Waals surface area contributed by atoms with Crippen molar-refractivity contribution < 1.29 is 18.5 Å². The van der Waals surface area contributed by atoms with Crippen molar-refractivity contribution in [1.82, 2.24) is 5.16 Å². The highest BCUT2D eigenvalue weighted by Crippen LogP contribution is 2.10. The third kappa shape index (κ3) is 3.91. The molecule has 0 aliphatic heterocycles. The van der Waals surface area contributed by atoms with Gasteiger partial charge in [-0.25, -0.2) is 4.39 Å². The Balaban J connectivity index is 1.86. The molecule has 0 bridgehead atoms. The minimum absolute atomic E-state index is 0.242. The summed E-state index contributed by atoms with van der Waals surface area (Å²) in [5.41, 5.74) is 0.292. The molecule has 7 heteroatoms. The Bertz CT molecular complexity index is 639. The van der Waals surface area contributed by atoms with E-state index in [0.717, 1.165) is 6.07 Å². The highest BCUT2D eigenvalue weighted by molar-refractivity contribution is 6.07. The van der Waals surface area contributed by atoms with Crippen LogP contribution in [0.25, 0.3) is 0 Å². The maximum absolute atomic E-state index is 12.9. The molecule has 0 unspecified atom stereocenters. The summed E-state index contributed by atoms with van der Waals surface area (Å²) in [4.78, 5) is 23.2. The van der Waals surface area contributed by atoms with Gasteiger partial charge in [0.1, 0.15) is 18.0 Å². The van der Waals surface area contributed by atoms with Gasteiger partial charge in [0, 0.05) is 11.8 Å². The van der Waals surface area contributed by atoms with Crippen molar-refractivity contribution in [3.8, 4) is 0 Å². The molecule has 0 atom stereocenters. The number of aromatic nitrogens is 1. The van der Waals surface area contributed by atoms with E-state index in [0.29, 0.717) is 11.4 Å². The zero-order valence-electron chi connectivity index (χ0n) is 10.6. The second-order valence-electron chi connectivity index (χ2n) is 4.11. The number of hydrogen-bond acceptors (Lipinski definition) is 4. The number of halogens is 1. The van der Waals surface area contributed by atoms with Crippen molar-refractivity contribution >= 4 is 23.3 Å². The second-order valence-corrected chi connectivity index (χ2v) is 4.11. The molecule has 0 saturated heterocycles. The van der Waals surface area contributed by atoms with Crippen LogP contribution in [0.2, 0.25) is 0 Å². The Hall–Kier alpha value is -2.70. The van der Waals surface area contributed by atoms with E-state index in [1.807, 2.05) is 0 Å². The molecule has 1 aromatic carbocycles. The summed E-state index contributed by atoms with van der Waals surface area (Å²) in [5, 5.41) is 8.40. The number of carbonyl (C=O) groups excluding carboxylic acids is 2. The standard InChI is InChI=1S/C13H12FN3O3/c1-8-5-11(17-20-8)16-13(19)7-12(18)15-10-4-2-3-9(14)6-10/h2-6H,7H2,1H3,(H,15,18)(H,16,17,19). The van der Waals surface area contributed by atoms with Gasteiger partial charge in [-0.05, 0) is 25.1 Å². The fraction of sp³-hybridized carbons (Fsp3) is 0.154. The monoisotopic (exact) mass is 277 g/mol. The number of nitrogens with zero attached hydrogens (tertiary/aromatic N) is 1. The smallest absolute Gasteiger partial charge is 0.235 e. The van der Waals surface area contributed by atoms with E-state index in [9.17, 15) is 14.0 Å². The summed E-state index contributed by atoms with van der Waals surface area (Å²) < 4.78 is 17.7. The predicted octanol–water partition coefficient (Wildman–Crippen LogP) is 2.09. The first kappa shape index (κ1) is 13.7. The van der Waals surface area contributed by atoms with E-state index in [-0.39, 0.29) is 5.82 Å². The van der Waals surface area contributed by atoms with Gasteiger partial charge in [0.2, 0.25) is 11.8 Å². The van der Waals surface area contributed by atoms with Crippen LogP contribution in [0.4, 0.5) is 15.9 Å². The van der Waals surface area contributed by atoms with Gasteiger partial charge in [0.05, 0.1) is 0 Å². The molecule has 1 aromatic heterocycles. The number of hydrogen-bond donors (Lipinski definition) is 2. The lowest BCUT2D eigenvalue weighted by molar-refractivity contribution is -0.123. The average molecular weight is 277 g/mol. The van der Waals surface area contributed by atoms with Gasteiger partial charge in [-0.3, -0.25) is 9.59 Å². The van der Waals surface area contributed by atoms with Crippen molar-refractivity contribution in [3.63, 3.8) is 0 Å². The molecule has 2 aromatic rings. The third-order valence-electron chi connectivity index (χ3n) is 2.32. The van der Waals surface area contributed by atoms with Crippen molar-refractivity contribution in [3.05, 3.63) is 41.9 Å². The predicted molar refractivity (Wildman–Crippen MR) is 69.5 cm³/mol. The first-order valence-corrected chi connectivity index (χ1v) is 5.81. The Morgan fingerprint density at radius 1 is 1.25 bits per heavy atom. The third-order valence-corrected chi connectivity index (χ3v) is 2.32. The molecule has 1 heterocycles. The van der Waals surface area contributed by atoms with Crippen LogP contribution in [0.3, 0.4) is 0 Å². The first-order chi connectivity index (χ1) is 9.52. The van der Waals surface area contributed by atoms with E-state index in [1.165, 1.54) is 24.3 Å². The summed E-state index contributed by atoms with van der Waals surface area (Å²) in [5.74, 6) is -0.763. The molecule has 2 rings (SSSR count). The molecular weight excluding hydrogens is 265 g/mol. The zero-order chi connectivity index (χ0) is 14.5. The molecule has 0 aliphatic rings. The number of anilines is 2. The van der Waals surface area contributed by atoms with Gasteiger partial charge < -0.3 is 15.2 Å². The lowest BCUT2D eigenvalue weighted by atomic mass is 10.3. The van der Waals surface area contributed by atoms with E-state index in [1.54, 1.807) is 6.92 Å². The van der Waals surface area contributed by atoms with Crippen molar-refractivity contribution in [1.29, 1.82) is 0 Å². The lowest BCUT2D eigenvalue weighted by Crippen LogP contribution is -2.21. The van der Waals surface area contributed by atoms with E-state index >= 15 is 0 Å². The van der Waals surface area contributed by atoms with Crippen LogP contribution in [0.5, 0.6) is 0 Å². The van der Waals surface area contributed by atoms with Gasteiger partial charge in [-0.15, -0.1) is 0 Å². The fourth-order valence-corrected chi connectivity index (χ4v) is 1.53. The van der Waals surface area contributed by atoms with Crippen LogP contribution >= 0.6 is 0 Å². The first-order valence-electron chi connectivity index (χ1n) is 5.81. The highest BCUT2D eigenvalue weighted by atomic mass is 19.1. The molecule has 6 nitrogen and oxygen atoms in total. The van der Waals surface area contributed by atoms with Crippen LogP contribution in [-0.4, -0.2) is 17.0 Å². The number of rotatable bonds is 4. The Labute approximate surface area is 114 Å². The van der Waals surface area contributed by atoms with Crippen LogP contribution in [0.15, 0.2) is 34.9 Å². The van der Waals surface area contributed by atoms with E-state index in [4.69, 9.17) is 4.52 Å². The maximum atomic E-state index is 12.9. The molecule has 0 fully saturated rings. The summed E-state index contributed by atoms with van der Waals surface area (Å²) in [7, 11) is 0. The summed E-state index contributed by atoms with van der Waals surface area (Å²) in [6.07, 6.45) is -0.400. The second kappa shape index (κ2) is 5.96. The molecule has 0 saturated carbocycles. The molecular formula is C13H12FN3O3. The zero-order valence-corrected chi connectivity index (χ0v) is 10.6. The SMILES string of the molecule is Cc1cc(NC(=O)CC(=O)Nc2cccc(F)c2)no1. The summed E-state index contributed by atoms with van der Waals surface area (Å²) >= 11 is 0. The van der Waals surface area contributed by atoms with Gasteiger partial charge in [0.15, 0.2) is 5.82 Å². The number of carbonyl (C=O) groups is 2. The summed E-state index contributed by atoms with van der Waals surface area (Å²) in [6.45, 7) is 1.68. The lowest BCUT2D eigenvalue weighted by Gasteiger charge is -2.04. The Kier molecular flexibility index (Phi) is 4.09. The van der Waals surface area contributed by atoms with Crippen LogP contribution in [0.1, 0.15) is 12.2 Å². The Morgan fingerprint density at radius 2 is 2.00 bits per heavy atom. The van der Waals surface area contributed by atoms with Crippen LogP contribution in [-0.2, 0) is 9.59 Å². The molecule has 0 spiro atoms. The van der Waals surface area contributed by atoms with Gasteiger partial charge in [0.25, 0.3) is 0 Å². The molecule has 104 valence electrons. The van der Waals surface area contributed by atoms with Crippen molar-refractivity contribution in [2.24, 2.45) is 0 Å². The van der Waals surface area contributed by atoms with Crippen molar-refractivity contribution in [2.75, 3.05) is 10.6 Å². The molecule has 0 aliphatic carbocycles. The quantitative estimate of drug-likeness (QED) is 0.838. The van der Waals surface area contributed by atoms with Gasteiger partial charge in [-0.1, -0.05) is 11.2 Å². The topological polar surface area (TPSA) is 84.2 Å². The maximum Gasteiger partial charge on any atom is 0.235 e. The summed E-state index contributed by atoms with van der Waals surface area (Å²) in [6, 6.07) is 6.94. The normalized spacial score (nSPS) is 10.1. The number of aryl methyl sites for hydroxylation is 1. The minimum Gasteiger partial charge on any atom is -0.360 e. The molecule has 2 N–H and O–H groups in total. The number of amides is 2. The fourth-order valence-electron chi connectivity index (χ4n) is 1.53. The van der Waals surface area contributed by atoms with E-state index < -0.39 is 24.1 Å².